The standard InChI is InChI=1S/C14H20BrN3O3/c1-18(2)6-4-17(5-7-18)14(20)9-8-10(16)13(21-3)11(15)12(9)19/h8H,4-7,16H2,1-3H3/p+1. The van der Waals surface area contributed by atoms with Crippen molar-refractivity contribution in [2.45, 2.75) is 0 Å². The lowest BCUT2D eigenvalue weighted by atomic mass is 10.1. The van der Waals surface area contributed by atoms with E-state index in [2.05, 4.69) is 30.0 Å². The van der Waals surface area contributed by atoms with Gasteiger partial charge < -0.3 is 25.0 Å². The van der Waals surface area contributed by atoms with Crippen molar-refractivity contribution in [3.05, 3.63) is 16.1 Å². The van der Waals surface area contributed by atoms with Crippen LogP contribution in [0.25, 0.3) is 0 Å². The molecule has 1 amide bonds. The molecule has 1 fully saturated rings. The Hall–Kier alpha value is -1.47. The van der Waals surface area contributed by atoms with E-state index in [1.54, 1.807) is 4.90 Å². The Labute approximate surface area is 132 Å². The number of carbonyl (C=O) groups is 1. The first kappa shape index (κ1) is 15.9. The first-order valence-corrected chi connectivity index (χ1v) is 7.52. The number of nitrogen functional groups attached to an aromatic ring is 1. The average molecular weight is 359 g/mol. The van der Waals surface area contributed by atoms with Crippen LogP contribution in [0.4, 0.5) is 5.69 Å². The van der Waals surface area contributed by atoms with Crippen molar-refractivity contribution in [3.8, 4) is 11.5 Å². The number of quaternary nitrogens is 1. The lowest BCUT2D eigenvalue weighted by Gasteiger charge is -2.39. The van der Waals surface area contributed by atoms with Gasteiger partial charge in [-0.3, -0.25) is 4.79 Å². The number of benzene rings is 1. The van der Waals surface area contributed by atoms with Crippen LogP contribution in [0, 0.1) is 0 Å². The van der Waals surface area contributed by atoms with Crippen LogP contribution < -0.4 is 10.5 Å². The molecule has 1 saturated heterocycles. The van der Waals surface area contributed by atoms with Crippen molar-refractivity contribution < 1.29 is 19.1 Å². The van der Waals surface area contributed by atoms with Crippen molar-refractivity contribution in [2.75, 3.05) is 53.1 Å². The number of hydrogen-bond donors (Lipinski definition) is 2. The predicted molar refractivity (Wildman–Crippen MR) is 84.5 cm³/mol. The number of aromatic hydroxyl groups is 1. The highest BCUT2D eigenvalue weighted by atomic mass is 79.9. The van der Waals surface area contributed by atoms with Crippen molar-refractivity contribution in [1.29, 1.82) is 0 Å². The van der Waals surface area contributed by atoms with Crippen molar-refractivity contribution >= 4 is 27.5 Å². The summed E-state index contributed by atoms with van der Waals surface area (Å²) in [7, 11) is 5.74. The van der Waals surface area contributed by atoms with E-state index in [1.807, 2.05) is 0 Å². The van der Waals surface area contributed by atoms with E-state index < -0.39 is 0 Å². The van der Waals surface area contributed by atoms with Crippen LogP contribution in [0.1, 0.15) is 10.4 Å². The predicted octanol–water partition coefficient (Wildman–Crippen LogP) is 1.28. The summed E-state index contributed by atoms with van der Waals surface area (Å²) >= 11 is 3.22. The van der Waals surface area contributed by atoms with Gasteiger partial charge >= 0.3 is 0 Å². The van der Waals surface area contributed by atoms with E-state index >= 15 is 0 Å². The monoisotopic (exact) mass is 358 g/mol. The zero-order valence-electron chi connectivity index (χ0n) is 12.5. The molecule has 1 aromatic carbocycles. The third-order valence-corrected chi connectivity index (χ3v) is 4.63. The number of anilines is 1. The number of phenolic OH excluding ortho intramolecular Hbond substituents is 1. The smallest absolute Gasteiger partial charge is 0.258 e. The number of ether oxygens (including phenoxy) is 1. The minimum absolute atomic E-state index is 0.134. The molecule has 3 N–H and O–H groups in total. The van der Waals surface area contributed by atoms with Gasteiger partial charge in [-0.25, -0.2) is 0 Å². The number of rotatable bonds is 2. The summed E-state index contributed by atoms with van der Waals surface area (Å²) in [6, 6.07) is 1.47. The number of phenols is 1. The van der Waals surface area contributed by atoms with Gasteiger partial charge in [-0.1, -0.05) is 0 Å². The molecule has 1 aromatic rings. The summed E-state index contributed by atoms with van der Waals surface area (Å²) in [6.45, 7) is 3.10. The second-order valence-electron chi connectivity index (χ2n) is 5.88. The Morgan fingerprint density at radius 1 is 1.43 bits per heavy atom. The first-order chi connectivity index (χ1) is 9.76. The fraction of sp³-hybridized carbons (Fsp3) is 0.500. The maximum Gasteiger partial charge on any atom is 0.258 e. The highest BCUT2D eigenvalue weighted by Crippen LogP contribution is 2.41. The molecule has 1 heterocycles. The van der Waals surface area contributed by atoms with Crippen molar-refractivity contribution in [3.63, 3.8) is 0 Å². The molecule has 0 saturated carbocycles. The zero-order valence-corrected chi connectivity index (χ0v) is 14.1. The van der Waals surface area contributed by atoms with Crippen LogP contribution in [-0.4, -0.2) is 67.8 Å². The van der Waals surface area contributed by atoms with Crippen LogP contribution in [0.5, 0.6) is 11.5 Å². The minimum Gasteiger partial charge on any atom is -0.506 e. The molecule has 0 aliphatic carbocycles. The van der Waals surface area contributed by atoms with Gasteiger partial charge in [0.25, 0.3) is 5.91 Å². The second kappa shape index (κ2) is 5.73. The molecular formula is C14H21BrN3O3+. The van der Waals surface area contributed by atoms with E-state index in [4.69, 9.17) is 10.5 Å². The van der Waals surface area contributed by atoms with Gasteiger partial charge in [-0.05, 0) is 22.0 Å². The third kappa shape index (κ3) is 3.08. The van der Waals surface area contributed by atoms with Crippen molar-refractivity contribution in [1.82, 2.24) is 4.90 Å². The first-order valence-electron chi connectivity index (χ1n) is 6.73. The maximum atomic E-state index is 12.6. The molecule has 1 aliphatic rings. The van der Waals surface area contributed by atoms with Crippen LogP contribution >= 0.6 is 15.9 Å². The summed E-state index contributed by atoms with van der Waals surface area (Å²) in [5, 5.41) is 10.2. The summed E-state index contributed by atoms with van der Waals surface area (Å²) < 4.78 is 6.30. The molecule has 0 aromatic heterocycles. The number of carbonyl (C=O) groups excluding carboxylic acids is 1. The van der Waals surface area contributed by atoms with E-state index in [0.29, 0.717) is 29.0 Å². The molecule has 2 rings (SSSR count). The lowest BCUT2D eigenvalue weighted by Crippen LogP contribution is -2.56. The fourth-order valence-corrected chi connectivity index (χ4v) is 3.00. The number of likely N-dealkylation sites (N-methyl/N-ethyl adjacent to an activating group) is 1. The van der Waals surface area contributed by atoms with E-state index in [-0.39, 0.29) is 17.2 Å². The second-order valence-corrected chi connectivity index (χ2v) is 6.68. The van der Waals surface area contributed by atoms with E-state index in [1.165, 1.54) is 13.2 Å². The average Bonchev–Trinajstić information content (AvgIpc) is 2.43. The summed E-state index contributed by atoms with van der Waals surface area (Å²) in [5.74, 6) is -0.00637. The highest BCUT2D eigenvalue weighted by molar-refractivity contribution is 9.10. The number of hydrogen-bond acceptors (Lipinski definition) is 4. The molecule has 7 heteroatoms. The minimum atomic E-state index is -0.206. The molecule has 21 heavy (non-hydrogen) atoms. The number of halogens is 1. The topological polar surface area (TPSA) is 75.8 Å². The van der Waals surface area contributed by atoms with Gasteiger partial charge in [-0.15, -0.1) is 0 Å². The molecule has 1 aliphatic heterocycles. The Kier molecular flexibility index (Phi) is 4.34. The number of methoxy groups -OCH3 is 1. The van der Waals surface area contributed by atoms with Crippen LogP contribution in [0.3, 0.4) is 0 Å². The number of amides is 1. The SMILES string of the molecule is COc1c(N)cc(C(=O)N2CC[N+](C)(C)CC2)c(O)c1Br. The maximum absolute atomic E-state index is 12.6. The van der Waals surface area contributed by atoms with Gasteiger partial charge in [0.2, 0.25) is 0 Å². The Balaban J connectivity index is 2.28. The molecule has 116 valence electrons. The number of nitrogens with two attached hydrogens (primary N) is 1. The van der Waals surface area contributed by atoms with Gasteiger partial charge in [-0.2, -0.15) is 0 Å². The molecule has 0 unspecified atom stereocenters. The fourth-order valence-electron chi connectivity index (χ4n) is 2.39. The number of nitrogens with zero attached hydrogens (tertiary/aromatic N) is 2. The largest absolute Gasteiger partial charge is 0.506 e. The highest BCUT2D eigenvalue weighted by Gasteiger charge is 2.30. The molecule has 0 bridgehead atoms. The molecule has 0 radical (unpaired) electrons. The normalized spacial score (nSPS) is 17.6. The third-order valence-electron chi connectivity index (χ3n) is 3.90. The number of piperazine rings is 1. The summed E-state index contributed by atoms with van der Waals surface area (Å²) in [6.07, 6.45) is 0. The van der Waals surface area contributed by atoms with E-state index in [9.17, 15) is 9.90 Å². The molecular weight excluding hydrogens is 338 g/mol. The summed E-state index contributed by atoms with van der Waals surface area (Å²) in [5.41, 5.74) is 6.39. The van der Waals surface area contributed by atoms with Gasteiger partial charge in [0.1, 0.15) is 10.2 Å². The van der Waals surface area contributed by atoms with Crippen LogP contribution in [0.2, 0.25) is 0 Å². The molecule has 0 spiro atoms. The quantitative estimate of drug-likeness (QED) is 0.474. The van der Waals surface area contributed by atoms with Gasteiger partial charge in [0.05, 0.1) is 58.6 Å². The van der Waals surface area contributed by atoms with E-state index in [0.717, 1.165) is 17.6 Å². The van der Waals surface area contributed by atoms with Gasteiger partial charge in [0, 0.05) is 0 Å². The molecule has 6 nitrogen and oxygen atoms in total. The Morgan fingerprint density at radius 2 is 2.00 bits per heavy atom. The summed E-state index contributed by atoms with van der Waals surface area (Å²) in [4.78, 5) is 14.3. The van der Waals surface area contributed by atoms with Crippen molar-refractivity contribution in [2.24, 2.45) is 0 Å². The molecule has 0 atom stereocenters. The lowest BCUT2D eigenvalue weighted by molar-refractivity contribution is -0.894. The Morgan fingerprint density at radius 3 is 2.52 bits per heavy atom. The zero-order chi connectivity index (χ0) is 15.8. The Bertz CT molecular complexity index is 565. The van der Waals surface area contributed by atoms with Gasteiger partial charge in [0.15, 0.2) is 5.75 Å². The van der Waals surface area contributed by atoms with Crippen LogP contribution in [0.15, 0.2) is 10.5 Å². The van der Waals surface area contributed by atoms with Crippen LogP contribution in [-0.2, 0) is 0 Å².